The van der Waals surface area contributed by atoms with Crippen LogP contribution < -0.4 is 15.4 Å². The lowest BCUT2D eigenvalue weighted by atomic mass is 10.1. The van der Waals surface area contributed by atoms with Crippen molar-refractivity contribution in [3.63, 3.8) is 0 Å². The summed E-state index contributed by atoms with van der Waals surface area (Å²) < 4.78 is 10.7. The zero-order valence-corrected chi connectivity index (χ0v) is 19.8. The maximum absolute atomic E-state index is 13.1. The van der Waals surface area contributed by atoms with Crippen molar-refractivity contribution in [2.45, 2.75) is 38.5 Å². The molecule has 0 radical (unpaired) electrons. The predicted octanol–water partition coefficient (Wildman–Crippen LogP) is 4.09. The molecule has 0 saturated carbocycles. The van der Waals surface area contributed by atoms with E-state index >= 15 is 0 Å². The lowest BCUT2D eigenvalue weighted by Gasteiger charge is -2.27. The van der Waals surface area contributed by atoms with Crippen molar-refractivity contribution in [2.24, 2.45) is 0 Å². The van der Waals surface area contributed by atoms with Gasteiger partial charge in [-0.05, 0) is 36.8 Å². The number of methoxy groups -OCH3 is 1. The van der Waals surface area contributed by atoms with Gasteiger partial charge in [-0.3, -0.25) is 9.59 Å². The number of amides is 3. The molecule has 35 heavy (non-hydrogen) atoms. The van der Waals surface area contributed by atoms with Crippen LogP contribution in [0.2, 0.25) is 0 Å². The van der Waals surface area contributed by atoms with E-state index in [1.165, 1.54) is 4.90 Å². The third-order valence-corrected chi connectivity index (χ3v) is 6.07. The van der Waals surface area contributed by atoms with Gasteiger partial charge in [-0.1, -0.05) is 54.6 Å². The van der Waals surface area contributed by atoms with Crippen molar-refractivity contribution in [3.05, 3.63) is 72.3 Å². The molecule has 1 saturated heterocycles. The van der Waals surface area contributed by atoms with Gasteiger partial charge in [0.25, 0.3) is 0 Å². The summed E-state index contributed by atoms with van der Waals surface area (Å²) in [5.74, 6) is 0.0621. The van der Waals surface area contributed by atoms with Gasteiger partial charge in [-0.25, -0.2) is 4.79 Å². The summed E-state index contributed by atoms with van der Waals surface area (Å²) in [6.07, 6.45) is 0.571. The number of nitrogens with one attached hydrogen (secondary N) is 2. The van der Waals surface area contributed by atoms with Gasteiger partial charge < -0.3 is 25.0 Å². The van der Waals surface area contributed by atoms with Crippen LogP contribution in [0.25, 0.3) is 10.8 Å². The lowest BCUT2D eigenvalue weighted by molar-refractivity contribution is -0.138. The highest BCUT2D eigenvalue weighted by Gasteiger charge is 2.36. The fourth-order valence-corrected chi connectivity index (χ4v) is 4.30. The van der Waals surface area contributed by atoms with E-state index in [-0.39, 0.29) is 18.4 Å². The molecule has 3 amide bonds. The van der Waals surface area contributed by atoms with E-state index in [1.54, 1.807) is 20.1 Å². The van der Waals surface area contributed by atoms with E-state index in [0.29, 0.717) is 30.8 Å². The maximum atomic E-state index is 13.1. The zero-order valence-electron chi connectivity index (χ0n) is 19.8. The molecule has 182 valence electrons. The highest BCUT2D eigenvalue weighted by molar-refractivity contribution is 6.01. The summed E-state index contributed by atoms with van der Waals surface area (Å²) in [5.41, 5.74) is 1.45. The largest absolute Gasteiger partial charge is 0.496 e. The third-order valence-electron chi connectivity index (χ3n) is 6.07. The first kappa shape index (κ1) is 24.1. The van der Waals surface area contributed by atoms with E-state index in [2.05, 4.69) is 10.6 Å². The normalized spacial score (nSPS) is 15.9. The van der Waals surface area contributed by atoms with Gasteiger partial charge in [0.15, 0.2) is 0 Å². The summed E-state index contributed by atoms with van der Waals surface area (Å²) in [6, 6.07) is 19.2. The molecular formula is C27H29N3O5. The number of ether oxygens (including phenoxy) is 2. The Balaban J connectivity index is 1.37. The van der Waals surface area contributed by atoms with E-state index in [9.17, 15) is 14.4 Å². The van der Waals surface area contributed by atoms with Crippen molar-refractivity contribution >= 4 is 34.4 Å². The number of rotatable bonds is 7. The Morgan fingerprint density at radius 1 is 1.06 bits per heavy atom. The molecule has 1 aliphatic rings. The van der Waals surface area contributed by atoms with Crippen LogP contribution in [0.1, 0.15) is 25.3 Å². The zero-order chi connectivity index (χ0) is 24.8. The molecule has 1 aliphatic heterocycles. The number of nitrogens with zero attached hydrogens (tertiary/aromatic N) is 1. The molecule has 0 aromatic heterocycles. The van der Waals surface area contributed by atoms with Gasteiger partial charge in [0, 0.05) is 23.7 Å². The van der Waals surface area contributed by atoms with Crippen molar-refractivity contribution in [1.82, 2.24) is 10.2 Å². The van der Waals surface area contributed by atoms with Gasteiger partial charge in [0.1, 0.15) is 24.4 Å². The minimum Gasteiger partial charge on any atom is -0.496 e. The number of alkyl carbamates (subject to hydrolysis) is 1. The summed E-state index contributed by atoms with van der Waals surface area (Å²) in [6.45, 7) is 2.15. The van der Waals surface area contributed by atoms with Crippen LogP contribution in [0.5, 0.6) is 5.75 Å². The summed E-state index contributed by atoms with van der Waals surface area (Å²) in [4.78, 5) is 39.9. The van der Waals surface area contributed by atoms with Crippen molar-refractivity contribution in [2.75, 3.05) is 19.0 Å². The van der Waals surface area contributed by atoms with Crippen LogP contribution in [0.4, 0.5) is 10.5 Å². The molecule has 2 N–H and O–H groups in total. The summed E-state index contributed by atoms with van der Waals surface area (Å²) in [7, 11) is 1.59. The quantitative estimate of drug-likeness (QED) is 0.537. The van der Waals surface area contributed by atoms with Crippen molar-refractivity contribution in [1.29, 1.82) is 0 Å². The number of hydrogen-bond acceptors (Lipinski definition) is 5. The van der Waals surface area contributed by atoms with Gasteiger partial charge in [-0.2, -0.15) is 0 Å². The highest BCUT2D eigenvalue weighted by atomic mass is 16.5. The Kier molecular flexibility index (Phi) is 7.50. The maximum Gasteiger partial charge on any atom is 0.408 e. The van der Waals surface area contributed by atoms with Crippen LogP contribution in [0, 0.1) is 0 Å². The van der Waals surface area contributed by atoms with E-state index < -0.39 is 18.2 Å². The molecule has 0 aliphatic carbocycles. The first-order chi connectivity index (χ1) is 17.0. The lowest BCUT2D eigenvalue weighted by Crippen LogP contribution is -2.51. The molecule has 8 nitrogen and oxygen atoms in total. The number of carbonyl (C=O) groups excluding carboxylic acids is 3. The molecule has 0 unspecified atom stereocenters. The van der Waals surface area contributed by atoms with Crippen molar-refractivity contribution < 1.29 is 23.9 Å². The number of anilines is 1. The Hall–Kier alpha value is -4.07. The number of likely N-dealkylation sites (tertiary alicyclic amines) is 1. The molecule has 1 heterocycles. The molecule has 0 bridgehead atoms. The highest BCUT2D eigenvalue weighted by Crippen LogP contribution is 2.30. The summed E-state index contributed by atoms with van der Waals surface area (Å²) in [5, 5.41) is 7.39. The Morgan fingerprint density at radius 2 is 1.80 bits per heavy atom. The van der Waals surface area contributed by atoms with Crippen molar-refractivity contribution in [3.8, 4) is 5.75 Å². The van der Waals surface area contributed by atoms with E-state index in [4.69, 9.17) is 9.47 Å². The van der Waals surface area contributed by atoms with E-state index in [1.807, 2.05) is 60.7 Å². The van der Waals surface area contributed by atoms with Gasteiger partial charge >= 0.3 is 6.09 Å². The first-order valence-electron chi connectivity index (χ1n) is 11.6. The number of carbonyl (C=O) groups is 3. The van der Waals surface area contributed by atoms with Crippen LogP contribution in [-0.2, 0) is 20.9 Å². The molecule has 8 heteroatoms. The molecule has 1 fully saturated rings. The number of hydrogen-bond donors (Lipinski definition) is 2. The molecule has 3 aromatic carbocycles. The molecule has 3 aromatic rings. The Labute approximate surface area is 204 Å². The fraction of sp³-hybridized carbons (Fsp3) is 0.296. The van der Waals surface area contributed by atoms with Gasteiger partial charge in [0.2, 0.25) is 11.8 Å². The minimum atomic E-state index is -0.826. The Bertz CT molecular complexity index is 1210. The number of fused-ring (bicyclic) bond motifs is 1. The number of benzene rings is 3. The summed E-state index contributed by atoms with van der Waals surface area (Å²) >= 11 is 0. The Morgan fingerprint density at radius 3 is 2.57 bits per heavy atom. The molecular weight excluding hydrogens is 446 g/mol. The predicted molar refractivity (Wildman–Crippen MR) is 133 cm³/mol. The van der Waals surface area contributed by atoms with E-state index in [0.717, 1.165) is 16.3 Å². The van der Waals surface area contributed by atoms with Crippen LogP contribution in [-0.4, -0.2) is 48.5 Å². The fourth-order valence-electron chi connectivity index (χ4n) is 4.30. The van der Waals surface area contributed by atoms with Crippen LogP contribution in [0.15, 0.2) is 66.7 Å². The second-order valence-corrected chi connectivity index (χ2v) is 8.51. The van der Waals surface area contributed by atoms with Gasteiger partial charge in [0.05, 0.1) is 7.11 Å². The second-order valence-electron chi connectivity index (χ2n) is 8.51. The molecule has 2 atom stereocenters. The van der Waals surface area contributed by atoms with Crippen LogP contribution in [0.3, 0.4) is 0 Å². The monoisotopic (exact) mass is 475 g/mol. The first-order valence-corrected chi connectivity index (χ1v) is 11.6. The molecule has 0 spiro atoms. The molecule has 4 rings (SSSR count). The standard InChI is InChI=1S/C27H29N3O5/c1-18(28-27(33)35-17-19-9-4-3-5-10-19)26(32)30-14-8-13-23(30)25(31)29-21-15-20-11-6-7-12-22(20)24(16-21)34-2/h3-7,9-12,15-16,18,23H,8,13-14,17H2,1-2H3,(H,28,33)(H,29,31)/t18-,23+/m0/s1. The topological polar surface area (TPSA) is 97.0 Å². The smallest absolute Gasteiger partial charge is 0.408 e. The SMILES string of the molecule is COc1cc(NC(=O)[C@H]2CCCN2C(=O)[C@H](C)NC(=O)OCc2ccccc2)cc2ccccc12. The van der Waals surface area contributed by atoms with Crippen LogP contribution >= 0.6 is 0 Å². The third kappa shape index (κ3) is 5.71. The van der Waals surface area contributed by atoms with Gasteiger partial charge in [-0.15, -0.1) is 0 Å². The average molecular weight is 476 g/mol. The average Bonchev–Trinajstić information content (AvgIpc) is 3.37. The minimum absolute atomic E-state index is 0.109. The second kappa shape index (κ2) is 10.9.